The number of nitrogens with one attached hydrogen (secondary N) is 3. The first-order valence-electron chi connectivity index (χ1n) is 10.7. The number of anilines is 1. The predicted molar refractivity (Wildman–Crippen MR) is 120 cm³/mol. The van der Waals surface area contributed by atoms with Crippen LogP contribution in [0.25, 0.3) is 22.2 Å². The average molecular weight is 441 g/mol. The van der Waals surface area contributed by atoms with Crippen LogP contribution in [0.1, 0.15) is 19.3 Å². The minimum absolute atomic E-state index is 0.115. The Morgan fingerprint density at radius 3 is 2.90 bits per heavy atom. The van der Waals surface area contributed by atoms with E-state index >= 15 is 0 Å². The molecule has 2 aliphatic rings. The first kappa shape index (κ1) is 20.4. The fourth-order valence-electron chi connectivity index (χ4n) is 4.20. The summed E-state index contributed by atoms with van der Waals surface area (Å²) in [6.45, 7) is 3.35. The van der Waals surface area contributed by atoms with Crippen LogP contribution >= 0.6 is 11.6 Å². The molecule has 1 unspecified atom stereocenters. The molecule has 1 aromatic carbocycles. The van der Waals surface area contributed by atoms with E-state index in [4.69, 9.17) is 16.3 Å². The third-order valence-corrected chi connectivity index (χ3v) is 6.29. The number of carbonyl (C=O) groups is 1. The monoisotopic (exact) mass is 440 g/mol. The van der Waals surface area contributed by atoms with E-state index in [1.54, 1.807) is 6.20 Å². The van der Waals surface area contributed by atoms with Crippen molar-refractivity contribution in [3.8, 4) is 11.1 Å². The van der Waals surface area contributed by atoms with Crippen LogP contribution in [0.4, 0.5) is 5.82 Å². The summed E-state index contributed by atoms with van der Waals surface area (Å²) in [4.78, 5) is 21.3. The molecule has 2 aliphatic heterocycles. The Balaban J connectivity index is 1.41. The maximum Gasteiger partial charge on any atom is 0.244 e. The van der Waals surface area contributed by atoms with Gasteiger partial charge in [0.05, 0.1) is 22.4 Å². The lowest BCUT2D eigenvalue weighted by Crippen LogP contribution is -2.39. The molecule has 0 radical (unpaired) electrons. The molecule has 8 nitrogen and oxygen atoms in total. The lowest BCUT2D eigenvalue weighted by atomic mass is 10.00. The minimum atomic E-state index is -0.267. The van der Waals surface area contributed by atoms with Gasteiger partial charge in [0.25, 0.3) is 0 Å². The largest absolute Gasteiger partial charge is 0.381 e. The van der Waals surface area contributed by atoms with Gasteiger partial charge in [-0.15, -0.1) is 0 Å². The number of aromatic nitrogens is 3. The minimum Gasteiger partial charge on any atom is -0.381 e. The van der Waals surface area contributed by atoms with Crippen LogP contribution in [0.15, 0.2) is 36.8 Å². The molecular weight excluding hydrogens is 416 g/mol. The van der Waals surface area contributed by atoms with Gasteiger partial charge < -0.3 is 14.6 Å². The zero-order valence-corrected chi connectivity index (χ0v) is 17.9. The van der Waals surface area contributed by atoms with Gasteiger partial charge >= 0.3 is 0 Å². The van der Waals surface area contributed by atoms with Gasteiger partial charge in [0.15, 0.2) is 0 Å². The summed E-state index contributed by atoms with van der Waals surface area (Å²) >= 11 is 6.48. The number of halogens is 1. The predicted octanol–water partition coefficient (Wildman–Crippen LogP) is 2.98. The Bertz CT molecular complexity index is 1090. The molecule has 2 saturated heterocycles. The molecule has 0 spiro atoms. The van der Waals surface area contributed by atoms with E-state index < -0.39 is 0 Å². The normalized spacial score (nSPS) is 19.7. The van der Waals surface area contributed by atoms with Crippen LogP contribution in [0.2, 0.25) is 5.02 Å². The molecule has 162 valence electrons. The number of imidazole rings is 1. The second-order valence-electron chi connectivity index (χ2n) is 8.11. The lowest BCUT2D eigenvalue weighted by Gasteiger charge is -2.22. The molecular formula is C22H25ClN6O2. The molecule has 1 atom stereocenters. The number of fused-ring (bicyclic) bond motifs is 1. The van der Waals surface area contributed by atoms with Crippen LogP contribution in [-0.4, -0.2) is 46.2 Å². The Morgan fingerprint density at radius 2 is 2.10 bits per heavy atom. The van der Waals surface area contributed by atoms with E-state index in [9.17, 15) is 4.79 Å². The number of carbonyl (C=O) groups excluding carboxylic acids is 1. The van der Waals surface area contributed by atoms with E-state index in [2.05, 4.69) is 36.8 Å². The van der Waals surface area contributed by atoms with Gasteiger partial charge in [0.2, 0.25) is 5.91 Å². The number of amides is 1. The van der Waals surface area contributed by atoms with Crippen LogP contribution in [0.3, 0.4) is 0 Å². The second-order valence-corrected chi connectivity index (χ2v) is 8.51. The standard InChI is InChI=1S/C22H25ClN6O2/c23-17-11-24-21(27-22(30)19-3-6-26-28-19)10-16(17)15-1-2-18-20(9-15)29(13-25-18)12-14-4-7-31-8-5-14/h1-2,9-11,13-14,19,26,28H,3-8,12H2,(H,24,27,30). The average Bonchev–Trinajstić information content (AvgIpc) is 3.46. The Kier molecular flexibility index (Phi) is 5.87. The number of hydrogen-bond acceptors (Lipinski definition) is 6. The smallest absolute Gasteiger partial charge is 0.244 e. The fraction of sp³-hybridized carbons (Fsp3) is 0.409. The molecule has 3 aromatic rings. The van der Waals surface area contributed by atoms with Crippen molar-refractivity contribution in [3.05, 3.63) is 41.8 Å². The number of hydrazine groups is 1. The van der Waals surface area contributed by atoms with E-state index in [1.807, 2.05) is 24.5 Å². The summed E-state index contributed by atoms with van der Waals surface area (Å²) in [6, 6.07) is 7.68. The molecule has 2 aromatic heterocycles. The number of rotatable bonds is 5. The maximum absolute atomic E-state index is 12.4. The molecule has 31 heavy (non-hydrogen) atoms. The maximum atomic E-state index is 12.4. The number of ether oxygens (including phenoxy) is 1. The number of nitrogens with zero attached hydrogens (tertiary/aromatic N) is 3. The lowest BCUT2D eigenvalue weighted by molar-refractivity contribution is -0.117. The summed E-state index contributed by atoms with van der Waals surface area (Å²) < 4.78 is 7.70. The number of hydrogen-bond donors (Lipinski definition) is 3. The first-order chi connectivity index (χ1) is 15.2. The van der Waals surface area contributed by atoms with Gasteiger partial charge in [-0.05, 0) is 48.9 Å². The second kappa shape index (κ2) is 8.92. The molecule has 0 bridgehead atoms. The Hall–Kier alpha value is -2.52. The summed E-state index contributed by atoms with van der Waals surface area (Å²) in [7, 11) is 0. The highest BCUT2D eigenvalue weighted by Crippen LogP contribution is 2.32. The van der Waals surface area contributed by atoms with Gasteiger partial charge in [0.1, 0.15) is 11.9 Å². The van der Waals surface area contributed by atoms with Gasteiger partial charge in [0, 0.05) is 38.1 Å². The van der Waals surface area contributed by atoms with Crippen molar-refractivity contribution in [3.63, 3.8) is 0 Å². The molecule has 0 aliphatic carbocycles. The van der Waals surface area contributed by atoms with Gasteiger partial charge in [-0.1, -0.05) is 17.7 Å². The van der Waals surface area contributed by atoms with Crippen LogP contribution < -0.4 is 16.2 Å². The molecule has 4 heterocycles. The van der Waals surface area contributed by atoms with Crippen LogP contribution in [-0.2, 0) is 16.1 Å². The summed E-state index contributed by atoms with van der Waals surface area (Å²) in [5.41, 5.74) is 9.74. The zero-order valence-electron chi connectivity index (χ0n) is 17.1. The molecule has 9 heteroatoms. The highest BCUT2D eigenvalue weighted by atomic mass is 35.5. The highest BCUT2D eigenvalue weighted by molar-refractivity contribution is 6.33. The Morgan fingerprint density at radius 1 is 1.23 bits per heavy atom. The summed E-state index contributed by atoms with van der Waals surface area (Å²) in [5, 5.41) is 3.41. The van der Waals surface area contributed by atoms with Gasteiger partial charge in [-0.3, -0.25) is 10.2 Å². The molecule has 1 amide bonds. The summed E-state index contributed by atoms with van der Waals surface area (Å²) in [5.74, 6) is 0.962. The number of pyridine rings is 1. The topological polar surface area (TPSA) is 93.1 Å². The SMILES string of the molecule is O=C(Nc1cc(-c2ccc3ncn(CC4CCOCC4)c3c2)c(Cl)cn1)C1CCNN1. The van der Waals surface area contributed by atoms with Crippen molar-refractivity contribution in [1.29, 1.82) is 0 Å². The summed E-state index contributed by atoms with van der Waals surface area (Å²) in [6.07, 6.45) is 6.37. The van der Waals surface area contributed by atoms with E-state index in [0.717, 1.165) is 67.7 Å². The van der Waals surface area contributed by atoms with Crippen molar-refractivity contribution >= 4 is 34.4 Å². The van der Waals surface area contributed by atoms with Crippen LogP contribution in [0, 0.1) is 5.92 Å². The molecule has 3 N–H and O–H groups in total. The van der Waals surface area contributed by atoms with Crippen molar-refractivity contribution in [2.45, 2.75) is 31.8 Å². The number of benzene rings is 1. The Labute approximate surface area is 185 Å². The third kappa shape index (κ3) is 4.43. The zero-order chi connectivity index (χ0) is 21.2. The van der Waals surface area contributed by atoms with Crippen molar-refractivity contribution in [2.75, 3.05) is 25.1 Å². The molecule has 5 rings (SSSR count). The van der Waals surface area contributed by atoms with Crippen LogP contribution in [0.5, 0.6) is 0 Å². The van der Waals surface area contributed by atoms with E-state index in [1.165, 1.54) is 0 Å². The van der Waals surface area contributed by atoms with Crippen molar-refractivity contribution in [1.82, 2.24) is 25.4 Å². The van der Waals surface area contributed by atoms with Crippen molar-refractivity contribution in [2.24, 2.45) is 5.92 Å². The van der Waals surface area contributed by atoms with E-state index in [0.29, 0.717) is 16.8 Å². The quantitative estimate of drug-likeness (QED) is 0.564. The first-order valence-corrected chi connectivity index (χ1v) is 11.0. The third-order valence-electron chi connectivity index (χ3n) is 5.99. The van der Waals surface area contributed by atoms with Gasteiger partial charge in [-0.2, -0.15) is 0 Å². The van der Waals surface area contributed by atoms with Gasteiger partial charge in [-0.25, -0.2) is 15.4 Å². The fourth-order valence-corrected chi connectivity index (χ4v) is 4.41. The van der Waals surface area contributed by atoms with E-state index in [-0.39, 0.29) is 11.9 Å². The molecule has 0 saturated carbocycles. The molecule has 2 fully saturated rings. The van der Waals surface area contributed by atoms with Crippen molar-refractivity contribution < 1.29 is 9.53 Å². The highest BCUT2D eigenvalue weighted by Gasteiger charge is 2.22.